The van der Waals surface area contributed by atoms with E-state index in [9.17, 15) is 0 Å². The van der Waals surface area contributed by atoms with Crippen molar-refractivity contribution in [2.24, 2.45) is 0 Å². The van der Waals surface area contributed by atoms with Gasteiger partial charge in [-0.15, -0.1) is 0 Å². The third kappa shape index (κ3) is 1.51. The first-order chi connectivity index (χ1) is 2.50. The monoisotopic (exact) mass is 278 g/mol. The van der Waals surface area contributed by atoms with Crippen molar-refractivity contribution in [3.63, 3.8) is 0 Å². The van der Waals surface area contributed by atoms with Gasteiger partial charge in [-0.25, -0.2) is 4.98 Å². The fourth-order valence-electron chi connectivity index (χ4n) is 0.176. The Labute approximate surface area is 54.7 Å². The van der Waals surface area contributed by atoms with Gasteiger partial charge in [0.05, 0.1) is 6.20 Å². The minimum atomic E-state index is 0. The summed E-state index contributed by atoms with van der Waals surface area (Å²) in [6.07, 6.45) is 4.47. The van der Waals surface area contributed by atoms with Gasteiger partial charge in [0.2, 0.25) is 0 Å². The molecule has 3 radical (unpaired) electrons. The SMILES string of the molecule is [Bi].c1cocn1. The van der Waals surface area contributed by atoms with Gasteiger partial charge < -0.3 is 4.42 Å². The summed E-state index contributed by atoms with van der Waals surface area (Å²) in [6.45, 7) is 0. The van der Waals surface area contributed by atoms with Crippen molar-refractivity contribution in [2.45, 2.75) is 0 Å². The van der Waals surface area contributed by atoms with Gasteiger partial charge in [-0.3, -0.25) is 0 Å². The van der Waals surface area contributed by atoms with E-state index in [4.69, 9.17) is 0 Å². The van der Waals surface area contributed by atoms with Crippen LogP contribution in [0.1, 0.15) is 0 Å². The minimum absolute atomic E-state index is 0. The molecule has 0 unspecified atom stereocenters. The molecule has 0 aromatic carbocycles. The summed E-state index contributed by atoms with van der Waals surface area (Å²) >= 11 is 0. The van der Waals surface area contributed by atoms with E-state index in [1.54, 1.807) is 6.20 Å². The second-order valence-corrected chi connectivity index (χ2v) is 0.676. The van der Waals surface area contributed by atoms with Gasteiger partial charge in [0, 0.05) is 26.2 Å². The Kier molecular flexibility index (Phi) is 3.34. The molecule has 0 saturated carbocycles. The smallest absolute Gasteiger partial charge is 0.180 e. The zero-order valence-corrected chi connectivity index (χ0v) is 6.51. The quantitative estimate of drug-likeness (QED) is 0.638. The van der Waals surface area contributed by atoms with E-state index in [1.165, 1.54) is 12.7 Å². The molecule has 1 aromatic rings. The van der Waals surface area contributed by atoms with Gasteiger partial charge in [-0.1, -0.05) is 0 Å². The normalized spacial score (nSPS) is 6.67. The molecule has 0 bridgehead atoms. The number of nitrogens with zero attached hydrogens (tertiary/aromatic N) is 1. The van der Waals surface area contributed by atoms with Crippen LogP contribution < -0.4 is 0 Å². The van der Waals surface area contributed by atoms with E-state index >= 15 is 0 Å². The molecule has 0 aliphatic rings. The van der Waals surface area contributed by atoms with Crippen molar-refractivity contribution in [1.29, 1.82) is 0 Å². The molecule has 1 heterocycles. The Morgan fingerprint density at radius 3 is 2.50 bits per heavy atom. The van der Waals surface area contributed by atoms with Crippen molar-refractivity contribution in [3.8, 4) is 0 Å². The van der Waals surface area contributed by atoms with E-state index in [2.05, 4.69) is 9.40 Å². The molecule has 31 valence electrons. The third-order valence-electron chi connectivity index (χ3n) is 0.347. The van der Waals surface area contributed by atoms with Gasteiger partial charge in [-0.05, 0) is 0 Å². The van der Waals surface area contributed by atoms with E-state index in [1.807, 2.05) is 0 Å². The summed E-state index contributed by atoms with van der Waals surface area (Å²) in [5.74, 6) is 0. The minimum Gasteiger partial charge on any atom is -0.452 e. The molecule has 1 aromatic heterocycles. The number of aromatic nitrogens is 1. The van der Waals surface area contributed by atoms with Gasteiger partial charge in [0.15, 0.2) is 6.39 Å². The topological polar surface area (TPSA) is 26.0 Å². The van der Waals surface area contributed by atoms with Crippen LogP contribution in [0.3, 0.4) is 0 Å². The van der Waals surface area contributed by atoms with E-state index in [0.29, 0.717) is 0 Å². The molecule has 1 rings (SSSR count). The van der Waals surface area contributed by atoms with Crippen molar-refractivity contribution in [2.75, 3.05) is 0 Å². The van der Waals surface area contributed by atoms with Gasteiger partial charge in [0.1, 0.15) is 6.26 Å². The first-order valence-corrected chi connectivity index (χ1v) is 1.32. The summed E-state index contributed by atoms with van der Waals surface area (Å²) in [7, 11) is 0. The first-order valence-electron chi connectivity index (χ1n) is 1.32. The van der Waals surface area contributed by atoms with Gasteiger partial charge in [-0.2, -0.15) is 0 Å². The molecule has 0 aliphatic heterocycles. The van der Waals surface area contributed by atoms with E-state index < -0.39 is 0 Å². The van der Waals surface area contributed by atoms with Crippen LogP contribution in [-0.2, 0) is 0 Å². The maximum atomic E-state index is 4.47. The average molecular weight is 278 g/mol. The number of hydrogen-bond donors (Lipinski definition) is 0. The second kappa shape index (κ2) is 3.29. The largest absolute Gasteiger partial charge is 0.452 e. The zero-order valence-electron chi connectivity index (χ0n) is 3.03. The Bertz CT molecular complexity index is 67.3. The molecule has 0 amide bonds. The van der Waals surface area contributed by atoms with Gasteiger partial charge >= 0.3 is 0 Å². The number of rotatable bonds is 0. The van der Waals surface area contributed by atoms with Crippen LogP contribution in [0.4, 0.5) is 0 Å². The second-order valence-electron chi connectivity index (χ2n) is 0.676. The summed E-state index contributed by atoms with van der Waals surface area (Å²) in [5.41, 5.74) is 0. The predicted octanol–water partition coefficient (Wildman–Crippen LogP) is 0.294. The zero-order chi connectivity index (χ0) is 3.54. The average Bonchev–Trinajstić information content (AvgIpc) is 1.76. The van der Waals surface area contributed by atoms with E-state index in [-0.39, 0.29) is 26.2 Å². The van der Waals surface area contributed by atoms with Crippen molar-refractivity contribution < 1.29 is 4.42 Å². The van der Waals surface area contributed by atoms with Crippen LogP contribution >= 0.6 is 0 Å². The first kappa shape index (κ1) is 6.09. The predicted molar refractivity (Wildman–Crippen MR) is 22.3 cm³/mol. The molecule has 6 heavy (non-hydrogen) atoms. The number of oxazole rings is 1. The maximum Gasteiger partial charge on any atom is 0.180 e. The van der Waals surface area contributed by atoms with Crippen molar-refractivity contribution >= 4 is 26.2 Å². The Balaban J connectivity index is 0.000000250. The van der Waals surface area contributed by atoms with E-state index in [0.717, 1.165) is 0 Å². The Hall–Kier alpha value is 0.0931. The van der Waals surface area contributed by atoms with Crippen LogP contribution in [0.15, 0.2) is 23.3 Å². The molecule has 0 spiro atoms. The van der Waals surface area contributed by atoms with Crippen molar-refractivity contribution in [1.82, 2.24) is 4.98 Å². The van der Waals surface area contributed by atoms with Gasteiger partial charge in [0.25, 0.3) is 0 Å². The van der Waals surface area contributed by atoms with Crippen LogP contribution in [0.2, 0.25) is 0 Å². The molecule has 2 nitrogen and oxygen atoms in total. The molecular formula is C3H3BiNO. The Morgan fingerprint density at radius 2 is 2.33 bits per heavy atom. The van der Waals surface area contributed by atoms with Crippen molar-refractivity contribution in [3.05, 3.63) is 18.9 Å². The summed E-state index contributed by atoms with van der Waals surface area (Å²) < 4.78 is 4.47. The molecule has 0 aliphatic carbocycles. The fraction of sp³-hybridized carbons (Fsp3) is 0. The third-order valence-corrected chi connectivity index (χ3v) is 0.347. The molecule has 0 fully saturated rings. The molecular weight excluding hydrogens is 275 g/mol. The van der Waals surface area contributed by atoms with Crippen LogP contribution in [-0.4, -0.2) is 31.2 Å². The summed E-state index contributed by atoms with van der Waals surface area (Å²) in [5, 5.41) is 0. The van der Waals surface area contributed by atoms with Crippen LogP contribution in [0.5, 0.6) is 0 Å². The molecule has 0 N–H and O–H groups in total. The maximum absolute atomic E-state index is 4.47. The standard InChI is InChI=1S/C3H3NO.Bi/c1-2-5-3-4-1;/h1-3H;. The number of hydrogen-bond acceptors (Lipinski definition) is 2. The molecule has 0 atom stereocenters. The summed E-state index contributed by atoms with van der Waals surface area (Å²) in [4.78, 5) is 3.56. The van der Waals surface area contributed by atoms with Crippen LogP contribution in [0.25, 0.3) is 0 Å². The summed E-state index contributed by atoms with van der Waals surface area (Å²) in [6, 6.07) is 0. The fourth-order valence-corrected chi connectivity index (χ4v) is 0.176. The molecule has 0 saturated heterocycles. The van der Waals surface area contributed by atoms with Crippen LogP contribution in [0, 0.1) is 0 Å². The molecule has 3 heteroatoms. The Morgan fingerprint density at radius 1 is 1.50 bits per heavy atom.